The molecular weight excluding hydrogens is 376 g/mol. The number of rotatable bonds is 5. The number of nitrogens with one attached hydrogen (secondary N) is 1. The average Bonchev–Trinajstić information content (AvgIpc) is 2.99. The Balaban J connectivity index is 2.05. The number of benzene rings is 1. The van der Waals surface area contributed by atoms with Gasteiger partial charge in [0, 0.05) is 5.02 Å². The molecular formula is C17H17ClN4O3S. The van der Waals surface area contributed by atoms with E-state index in [4.69, 9.17) is 16.3 Å². The molecule has 9 heteroatoms. The van der Waals surface area contributed by atoms with Gasteiger partial charge in [-0.05, 0) is 39.0 Å². The van der Waals surface area contributed by atoms with Gasteiger partial charge in [-0.3, -0.25) is 9.59 Å². The monoisotopic (exact) mass is 392 g/mol. The molecule has 0 aliphatic carbocycles. The second-order valence-corrected chi connectivity index (χ2v) is 8.03. The number of hydrogen-bond acceptors (Lipinski definition) is 6. The van der Waals surface area contributed by atoms with Gasteiger partial charge in [-0.25, -0.2) is 9.67 Å². The van der Waals surface area contributed by atoms with Gasteiger partial charge in [-0.2, -0.15) is 5.10 Å². The zero-order valence-electron chi connectivity index (χ0n) is 14.4. The highest BCUT2D eigenvalue weighted by atomic mass is 35.5. The second kappa shape index (κ2) is 7.13. The zero-order valence-corrected chi connectivity index (χ0v) is 16.0. The molecule has 3 rings (SSSR count). The van der Waals surface area contributed by atoms with E-state index in [1.54, 1.807) is 39.0 Å². The number of ether oxygens (including phenoxy) is 1. The Morgan fingerprint density at radius 1 is 1.42 bits per heavy atom. The molecule has 0 atom stereocenters. The molecule has 7 nitrogen and oxygen atoms in total. The molecule has 0 radical (unpaired) electrons. The summed E-state index contributed by atoms with van der Waals surface area (Å²) in [6.07, 6.45) is 1.45. The minimum atomic E-state index is -0.902. The highest BCUT2D eigenvalue weighted by Crippen LogP contribution is 2.31. The van der Waals surface area contributed by atoms with E-state index >= 15 is 0 Å². The lowest BCUT2D eigenvalue weighted by Gasteiger charge is -2.20. The number of halogens is 1. The van der Waals surface area contributed by atoms with Gasteiger partial charge in [0.25, 0.3) is 5.56 Å². The molecule has 0 unspecified atom stereocenters. The predicted molar refractivity (Wildman–Crippen MR) is 101 cm³/mol. The van der Waals surface area contributed by atoms with Gasteiger partial charge >= 0.3 is 5.97 Å². The number of carbonyl (C=O) groups excluding carboxylic acids is 1. The van der Waals surface area contributed by atoms with Crippen LogP contribution in [0.15, 0.2) is 40.4 Å². The van der Waals surface area contributed by atoms with Crippen molar-refractivity contribution in [1.29, 1.82) is 0 Å². The van der Waals surface area contributed by atoms with E-state index in [1.807, 2.05) is 6.07 Å². The predicted octanol–water partition coefficient (Wildman–Crippen LogP) is 3.20. The molecule has 2 heterocycles. The average molecular weight is 393 g/mol. The first-order valence-electron chi connectivity index (χ1n) is 7.92. The van der Waals surface area contributed by atoms with Gasteiger partial charge in [0.05, 0.1) is 18.5 Å². The van der Waals surface area contributed by atoms with Crippen molar-refractivity contribution in [2.45, 2.75) is 30.7 Å². The standard InChI is InChI=1S/C17H17ClN4O3S/c1-4-25-15(24)17(2,3)26-16-20-13-12(14(23)21-16)9-19-22(13)11-7-5-6-10(18)8-11/h5-9H,4H2,1-3H3,(H,20,21,23). The Morgan fingerprint density at radius 3 is 2.88 bits per heavy atom. The minimum absolute atomic E-state index is 0.285. The summed E-state index contributed by atoms with van der Waals surface area (Å²) in [7, 11) is 0. The van der Waals surface area contributed by atoms with Crippen molar-refractivity contribution in [2.75, 3.05) is 6.61 Å². The largest absolute Gasteiger partial charge is 0.465 e. The number of H-pyrrole nitrogens is 1. The van der Waals surface area contributed by atoms with Crippen molar-refractivity contribution in [1.82, 2.24) is 19.7 Å². The van der Waals surface area contributed by atoms with Crippen molar-refractivity contribution >= 4 is 40.4 Å². The first kappa shape index (κ1) is 18.5. The lowest BCUT2D eigenvalue weighted by Crippen LogP contribution is -2.30. The molecule has 26 heavy (non-hydrogen) atoms. The number of nitrogens with zero attached hydrogens (tertiary/aromatic N) is 3. The van der Waals surface area contributed by atoms with E-state index in [1.165, 1.54) is 10.9 Å². The van der Waals surface area contributed by atoms with Crippen LogP contribution in [-0.4, -0.2) is 37.1 Å². The Hall–Kier alpha value is -2.32. The van der Waals surface area contributed by atoms with E-state index in [9.17, 15) is 9.59 Å². The SMILES string of the molecule is CCOC(=O)C(C)(C)Sc1nc2c(cnn2-c2cccc(Cl)c2)c(=O)[nH]1. The first-order valence-corrected chi connectivity index (χ1v) is 9.11. The van der Waals surface area contributed by atoms with Crippen molar-refractivity contribution < 1.29 is 9.53 Å². The number of hydrogen-bond donors (Lipinski definition) is 1. The summed E-state index contributed by atoms with van der Waals surface area (Å²) in [5.74, 6) is -0.379. The smallest absolute Gasteiger partial charge is 0.322 e. The third kappa shape index (κ3) is 3.61. The summed E-state index contributed by atoms with van der Waals surface area (Å²) in [6.45, 7) is 5.46. The summed E-state index contributed by atoms with van der Waals surface area (Å²) in [6, 6.07) is 7.08. The van der Waals surface area contributed by atoms with Gasteiger partial charge < -0.3 is 9.72 Å². The maximum absolute atomic E-state index is 12.4. The van der Waals surface area contributed by atoms with Crippen LogP contribution >= 0.6 is 23.4 Å². The molecule has 0 amide bonds. The number of carbonyl (C=O) groups is 1. The van der Waals surface area contributed by atoms with Crippen molar-refractivity contribution in [2.24, 2.45) is 0 Å². The lowest BCUT2D eigenvalue weighted by atomic mass is 10.2. The molecule has 0 bridgehead atoms. The van der Waals surface area contributed by atoms with Crippen LogP contribution in [0.4, 0.5) is 0 Å². The normalized spacial score (nSPS) is 11.7. The van der Waals surface area contributed by atoms with Crippen LogP contribution < -0.4 is 5.56 Å². The summed E-state index contributed by atoms with van der Waals surface area (Å²) < 4.78 is 5.71. The number of fused-ring (bicyclic) bond motifs is 1. The fourth-order valence-electron chi connectivity index (χ4n) is 2.33. The zero-order chi connectivity index (χ0) is 18.9. The molecule has 0 saturated carbocycles. The molecule has 0 saturated heterocycles. The quantitative estimate of drug-likeness (QED) is 0.407. The van der Waals surface area contributed by atoms with Crippen LogP contribution in [-0.2, 0) is 9.53 Å². The van der Waals surface area contributed by atoms with Gasteiger partial charge in [0.2, 0.25) is 0 Å². The third-order valence-electron chi connectivity index (χ3n) is 3.59. The summed E-state index contributed by atoms with van der Waals surface area (Å²) in [5, 5.41) is 5.45. The van der Waals surface area contributed by atoms with Crippen LogP contribution in [0.1, 0.15) is 20.8 Å². The minimum Gasteiger partial charge on any atom is -0.465 e. The molecule has 0 aliphatic heterocycles. The Labute approximate surface area is 158 Å². The maximum atomic E-state index is 12.4. The number of aromatic amines is 1. The van der Waals surface area contributed by atoms with Crippen molar-refractivity contribution in [3.05, 3.63) is 45.8 Å². The Bertz CT molecular complexity index is 1030. The first-order chi connectivity index (χ1) is 12.3. The highest BCUT2D eigenvalue weighted by Gasteiger charge is 2.32. The summed E-state index contributed by atoms with van der Waals surface area (Å²) in [5.41, 5.74) is 0.745. The van der Waals surface area contributed by atoms with Crippen LogP contribution in [0.3, 0.4) is 0 Å². The fraction of sp³-hybridized carbons (Fsp3) is 0.294. The van der Waals surface area contributed by atoms with Gasteiger partial charge in [0.15, 0.2) is 10.8 Å². The third-order valence-corrected chi connectivity index (χ3v) is 4.89. The summed E-state index contributed by atoms with van der Waals surface area (Å²) in [4.78, 5) is 31.7. The van der Waals surface area contributed by atoms with E-state index in [-0.39, 0.29) is 18.1 Å². The Kier molecular flexibility index (Phi) is 5.06. The molecule has 1 N–H and O–H groups in total. The molecule has 0 aliphatic rings. The number of thioether (sulfide) groups is 1. The molecule has 0 spiro atoms. The van der Waals surface area contributed by atoms with Crippen LogP contribution in [0.25, 0.3) is 16.7 Å². The van der Waals surface area contributed by atoms with Crippen LogP contribution in [0.5, 0.6) is 0 Å². The van der Waals surface area contributed by atoms with Gasteiger partial charge in [-0.15, -0.1) is 0 Å². The number of aromatic nitrogens is 4. The highest BCUT2D eigenvalue weighted by molar-refractivity contribution is 8.01. The molecule has 1 aromatic carbocycles. The molecule has 0 fully saturated rings. The lowest BCUT2D eigenvalue weighted by molar-refractivity contribution is -0.145. The maximum Gasteiger partial charge on any atom is 0.322 e. The second-order valence-electron chi connectivity index (χ2n) is 5.98. The Morgan fingerprint density at radius 2 is 2.19 bits per heavy atom. The van der Waals surface area contributed by atoms with Gasteiger partial charge in [0.1, 0.15) is 10.1 Å². The topological polar surface area (TPSA) is 89.9 Å². The van der Waals surface area contributed by atoms with Gasteiger partial charge in [-0.1, -0.05) is 29.4 Å². The van der Waals surface area contributed by atoms with E-state index in [2.05, 4.69) is 15.1 Å². The molecule has 3 aromatic rings. The summed E-state index contributed by atoms with van der Waals surface area (Å²) >= 11 is 7.17. The van der Waals surface area contributed by atoms with E-state index in [0.29, 0.717) is 26.9 Å². The molecule has 2 aromatic heterocycles. The van der Waals surface area contributed by atoms with Crippen LogP contribution in [0.2, 0.25) is 5.02 Å². The van der Waals surface area contributed by atoms with Crippen molar-refractivity contribution in [3.8, 4) is 5.69 Å². The van der Waals surface area contributed by atoms with E-state index < -0.39 is 4.75 Å². The molecule has 136 valence electrons. The number of esters is 1. The van der Waals surface area contributed by atoms with Crippen LogP contribution in [0, 0.1) is 0 Å². The van der Waals surface area contributed by atoms with E-state index in [0.717, 1.165) is 11.8 Å². The van der Waals surface area contributed by atoms with Crippen molar-refractivity contribution in [3.63, 3.8) is 0 Å². The fourth-order valence-corrected chi connectivity index (χ4v) is 3.42.